The molecule has 19 nitrogen and oxygen atoms in total. The molecule has 0 spiro atoms. The van der Waals surface area contributed by atoms with E-state index < -0.39 is 114 Å². The minimum atomic E-state index is -1.59. The molecule has 0 saturated carbocycles. The molecule has 19 heteroatoms. The highest BCUT2D eigenvalue weighted by Crippen LogP contribution is 2.27. The number of phenolic OH excluding ortho intramolecular Hbond substituents is 1. The first-order valence-electron chi connectivity index (χ1n) is 27.1. The van der Waals surface area contributed by atoms with E-state index in [2.05, 4.69) is 26.6 Å². The number of benzene rings is 3. The number of likely N-dealkylation sites (N-methyl/N-ethyl adjacent to an activating group) is 1. The monoisotopic (exact) mass is 1060 g/mol. The fraction of sp³-hybridized carbons (Fsp3) is 0.534. The molecule has 8 amide bonds. The van der Waals surface area contributed by atoms with Crippen LogP contribution in [0.1, 0.15) is 104 Å². The van der Waals surface area contributed by atoms with Crippen molar-refractivity contribution in [3.8, 4) is 5.75 Å². The van der Waals surface area contributed by atoms with Crippen molar-refractivity contribution in [1.29, 1.82) is 0 Å². The van der Waals surface area contributed by atoms with Gasteiger partial charge in [-0.3, -0.25) is 38.4 Å². The quantitative estimate of drug-likeness (QED) is 0.144. The van der Waals surface area contributed by atoms with Crippen LogP contribution in [-0.2, 0) is 67.2 Å². The summed E-state index contributed by atoms with van der Waals surface area (Å²) in [7, 11) is 1.39. The summed E-state index contributed by atoms with van der Waals surface area (Å²) in [6, 6.07) is 13.9. The van der Waals surface area contributed by atoms with Crippen molar-refractivity contribution in [1.82, 2.24) is 41.3 Å². The molecule has 0 bridgehead atoms. The first-order chi connectivity index (χ1) is 36.6. The molecule has 416 valence electrons. The Balaban J connectivity index is 1.46. The number of hydrogen-bond acceptors (Lipinski definition) is 11. The zero-order valence-electron chi connectivity index (χ0n) is 45.7. The summed E-state index contributed by atoms with van der Waals surface area (Å²) >= 11 is 0. The van der Waals surface area contributed by atoms with Gasteiger partial charge in [-0.15, -0.1) is 0 Å². The summed E-state index contributed by atoms with van der Waals surface area (Å²) in [6.45, 7) is 12.7. The van der Waals surface area contributed by atoms with Crippen molar-refractivity contribution in [2.24, 2.45) is 17.8 Å². The molecular weight excluding hydrogens is 985 g/mol. The minimum absolute atomic E-state index is 0.00925. The fourth-order valence-electron chi connectivity index (χ4n) is 10.3. The third-order valence-electron chi connectivity index (χ3n) is 14.5. The van der Waals surface area contributed by atoms with Crippen LogP contribution in [0.4, 0.5) is 0 Å². The molecule has 3 aromatic rings. The Morgan fingerprint density at radius 3 is 1.70 bits per heavy atom. The third kappa shape index (κ3) is 15.9. The van der Waals surface area contributed by atoms with Crippen LogP contribution in [0, 0.1) is 17.8 Å². The number of fused-ring (bicyclic) bond motifs is 2. The van der Waals surface area contributed by atoms with Gasteiger partial charge in [-0.05, 0) is 85.6 Å². The van der Waals surface area contributed by atoms with Gasteiger partial charge in [0.15, 0.2) is 0 Å². The predicted molar refractivity (Wildman–Crippen MR) is 287 cm³/mol. The Labute approximate surface area is 452 Å². The summed E-state index contributed by atoms with van der Waals surface area (Å²) in [5.74, 6) is -6.81. The number of nitrogens with zero attached hydrogens (tertiary/aromatic N) is 3. The predicted octanol–water partition coefficient (Wildman–Crippen LogP) is 3.35. The van der Waals surface area contributed by atoms with Crippen molar-refractivity contribution in [2.45, 2.75) is 161 Å². The van der Waals surface area contributed by atoms with Gasteiger partial charge in [-0.25, -0.2) is 4.79 Å². The molecule has 3 aliphatic heterocycles. The number of rotatable bonds is 12. The highest BCUT2D eigenvalue weighted by atomic mass is 16.5. The minimum Gasteiger partial charge on any atom is -0.508 e. The largest absolute Gasteiger partial charge is 0.508 e. The maximum absolute atomic E-state index is 15.1. The van der Waals surface area contributed by atoms with Gasteiger partial charge in [0.2, 0.25) is 47.3 Å². The van der Waals surface area contributed by atoms with Crippen molar-refractivity contribution < 1.29 is 53.0 Å². The number of phenols is 1. The Morgan fingerprint density at radius 2 is 1.13 bits per heavy atom. The van der Waals surface area contributed by atoms with E-state index in [0.29, 0.717) is 36.0 Å². The van der Waals surface area contributed by atoms with Crippen LogP contribution in [0.3, 0.4) is 0 Å². The summed E-state index contributed by atoms with van der Waals surface area (Å²) in [5, 5.41) is 24.3. The molecule has 3 aromatic carbocycles. The van der Waals surface area contributed by atoms with E-state index in [-0.39, 0.29) is 69.2 Å². The van der Waals surface area contributed by atoms with Crippen LogP contribution >= 0.6 is 0 Å². The second-order valence-electron chi connectivity index (χ2n) is 21.9. The van der Waals surface area contributed by atoms with Crippen LogP contribution in [-0.4, -0.2) is 148 Å². The van der Waals surface area contributed by atoms with Crippen LogP contribution in [0.15, 0.2) is 84.9 Å². The number of nitrogens with one attached hydrogen (secondary N) is 5. The Morgan fingerprint density at radius 1 is 0.610 bits per heavy atom. The number of hydrogen-bond donors (Lipinski definition) is 6. The molecule has 3 aliphatic rings. The van der Waals surface area contributed by atoms with Crippen LogP contribution in [0.5, 0.6) is 5.75 Å². The van der Waals surface area contributed by atoms with Crippen molar-refractivity contribution in [3.05, 3.63) is 102 Å². The molecule has 6 N–H and O–H groups in total. The van der Waals surface area contributed by atoms with Crippen molar-refractivity contribution >= 4 is 53.2 Å². The Hall–Kier alpha value is -7.31. The van der Waals surface area contributed by atoms with E-state index in [1.807, 2.05) is 27.7 Å². The van der Waals surface area contributed by atoms with Crippen LogP contribution in [0.2, 0.25) is 0 Å². The number of cyclic esters (lactones) is 1. The number of ether oxygens (including phenoxy) is 1. The highest BCUT2D eigenvalue weighted by molar-refractivity contribution is 5.99. The topological polar surface area (TPSA) is 253 Å². The Bertz CT molecular complexity index is 2560. The SMILES string of the molecule is CC(C)CC(=O)NC1C(=O)NC(Cc2ccccc2)C(=O)N[C@@H](CC(C)C)C(=O)NC(C(C)C)C(=O)N2CCC[C@H]2C(=O)N2CCC[C@H]2C(=O)NC(Cc2ccccc2)C(=O)N(C)[C@@H](Cc2ccc(O)cc2)C(=O)O[C@@H]1C. The molecule has 4 unspecified atom stereocenters. The van der Waals surface area contributed by atoms with Gasteiger partial charge in [0.1, 0.15) is 60.2 Å². The molecule has 3 heterocycles. The lowest BCUT2D eigenvalue weighted by Gasteiger charge is -2.35. The summed E-state index contributed by atoms with van der Waals surface area (Å²) in [4.78, 5) is 136. The fourth-order valence-corrected chi connectivity index (χ4v) is 10.3. The molecule has 6 rings (SSSR count). The number of aromatic hydroxyl groups is 1. The highest BCUT2D eigenvalue weighted by Gasteiger charge is 2.46. The van der Waals surface area contributed by atoms with E-state index in [1.165, 1.54) is 35.9 Å². The number of amides is 8. The first-order valence-corrected chi connectivity index (χ1v) is 27.1. The van der Waals surface area contributed by atoms with Crippen LogP contribution in [0.25, 0.3) is 0 Å². The zero-order valence-corrected chi connectivity index (χ0v) is 45.7. The van der Waals surface area contributed by atoms with Gasteiger partial charge in [-0.2, -0.15) is 0 Å². The molecule has 0 radical (unpaired) electrons. The maximum atomic E-state index is 15.1. The van der Waals surface area contributed by atoms with Crippen molar-refractivity contribution in [3.63, 3.8) is 0 Å². The second kappa shape index (κ2) is 27.1. The zero-order chi connectivity index (χ0) is 56.1. The number of carbonyl (C=O) groups excluding carboxylic acids is 9. The van der Waals surface area contributed by atoms with Crippen molar-refractivity contribution in [2.75, 3.05) is 20.1 Å². The van der Waals surface area contributed by atoms with Gasteiger partial charge in [0.05, 0.1) is 0 Å². The number of carbonyl (C=O) groups is 9. The summed E-state index contributed by atoms with van der Waals surface area (Å²) in [5.41, 5.74) is 1.85. The third-order valence-corrected chi connectivity index (χ3v) is 14.5. The van der Waals surface area contributed by atoms with Gasteiger partial charge in [-0.1, -0.05) is 114 Å². The molecule has 3 saturated heterocycles. The second-order valence-corrected chi connectivity index (χ2v) is 21.9. The molecular formula is C58H78N8O11. The van der Waals surface area contributed by atoms with E-state index >= 15 is 4.79 Å². The lowest BCUT2D eigenvalue weighted by Crippen LogP contribution is -2.61. The molecule has 0 aromatic heterocycles. The molecule has 0 aliphatic carbocycles. The molecule has 9 atom stereocenters. The van der Waals surface area contributed by atoms with E-state index in [1.54, 1.807) is 86.6 Å². The Kier molecular flexibility index (Phi) is 20.8. The molecule has 77 heavy (non-hydrogen) atoms. The van der Waals surface area contributed by atoms with Crippen LogP contribution < -0.4 is 26.6 Å². The van der Waals surface area contributed by atoms with Gasteiger partial charge < -0.3 is 51.1 Å². The summed E-state index contributed by atoms with van der Waals surface area (Å²) < 4.78 is 6.11. The normalized spacial score (nSPS) is 25.8. The van der Waals surface area contributed by atoms with E-state index in [4.69, 9.17) is 4.74 Å². The maximum Gasteiger partial charge on any atom is 0.329 e. The first kappa shape index (κ1) is 58.9. The molecule has 3 fully saturated rings. The lowest BCUT2D eigenvalue weighted by atomic mass is 9.98. The lowest BCUT2D eigenvalue weighted by molar-refractivity contribution is -0.161. The smallest absolute Gasteiger partial charge is 0.329 e. The van der Waals surface area contributed by atoms with E-state index in [0.717, 1.165) is 4.90 Å². The van der Waals surface area contributed by atoms with Gasteiger partial charge >= 0.3 is 5.97 Å². The number of esters is 1. The van der Waals surface area contributed by atoms with Gasteiger partial charge in [0.25, 0.3) is 0 Å². The average molecular weight is 1060 g/mol. The average Bonchev–Trinajstić information content (AvgIpc) is 4.11. The van der Waals surface area contributed by atoms with E-state index in [9.17, 15) is 43.5 Å². The van der Waals surface area contributed by atoms with Gasteiger partial charge in [0, 0.05) is 45.8 Å². The summed E-state index contributed by atoms with van der Waals surface area (Å²) in [6.07, 6.45) is 0.0211. The standard InChI is InChI=1S/C58H78N8O11/c1-34(2)29-42-52(70)63-49(36(5)6)57(75)66-28-16-22-46(66)56(74)65-27-15-21-45(65)53(71)61-44(32-39-19-13-10-14-20-39)55(73)64(8)47(33-40-23-25-41(67)26-24-40)58(76)77-37(7)50(62-48(68)30-35(3)4)54(72)60-43(51(69)59-42)31-38-17-11-9-12-18-38/h9-14,17-20,23-26,34-37,42-47,49-50,67H,15-16,21-22,27-33H2,1-8H3,(H,59,69)(H,60,72)(H,61,71)(H,62,68)(H,63,70)/t37-,42+,43?,44?,45+,46+,47+,49?,50?/m1/s1.